The van der Waals surface area contributed by atoms with E-state index < -0.39 is 10.0 Å². The van der Waals surface area contributed by atoms with Crippen molar-refractivity contribution in [1.29, 1.82) is 0 Å². The van der Waals surface area contributed by atoms with E-state index in [-0.39, 0.29) is 17.1 Å². The van der Waals surface area contributed by atoms with Crippen molar-refractivity contribution in [2.75, 3.05) is 5.73 Å². The van der Waals surface area contributed by atoms with Gasteiger partial charge in [-0.15, -0.1) is 11.3 Å². The van der Waals surface area contributed by atoms with Gasteiger partial charge < -0.3 is 5.73 Å². The fraction of sp³-hybridized carbons (Fsp3) is 0.250. The van der Waals surface area contributed by atoms with Gasteiger partial charge in [-0.05, 0) is 31.5 Å². The van der Waals surface area contributed by atoms with Gasteiger partial charge in [0, 0.05) is 11.4 Å². The lowest BCUT2D eigenvalue weighted by Crippen LogP contribution is -2.23. The molecule has 0 saturated carbocycles. The molecule has 1 heterocycles. The highest BCUT2D eigenvalue weighted by atomic mass is 35.5. The zero-order valence-electron chi connectivity index (χ0n) is 11.0. The van der Waals surface area contributed by atoms with Crippen LogP contribution in [0.2, 0.25) is 5.02 Å². The van der Waals surface area contributed by atoms with Crippen LogP contribution in [0.25, 0.3) is 0 Å². The smallest absolute Gasteiger partial charge is 0.240 e. The van der Waals surface area contributed by atoms with Crippen LogP contribution >= 0.6 is 22.9 Å². The van der Waals surface area contributed by atoms with Crippen LogP contribution in [0.3, 0.4) is 0 Å². The van der Waals surface area contributed by atoms with Crippen LogP contribution in [0.1, 0.15) is 16.1 Å². The molecular formula is C12H14ClN3O2S2. The molecule has 1 aromatic carbocycles. The van der Waals surface area contributed by atoms with Crippen LogP contribution in [0, 0.1) is 13.8 Å². The van der Waals surface area contributed by atoms with Crippen molar-refractivity contribution in [2.45, 2.75) is 25.3 Å². The molecule has 2 rings (SSSR count). The Morgan fingerprint density at radius 2 is 2.10 bits per heavy atom. The summed E-state index contributed by atoms with van der Waals surface area (Å²) < 4.78 is 27.0. The molecule has 0 aliphatic rings. The number of rotatable bonds is 4. The summed E-state index contributed by atoms with van der Waals surface area (Å²) >= 11 is 7.34. The van der Waals surface area contributed by atoms with E-state index in [0.717, 1.165) is 10.6 Å². The average Bonchev–Trinajstić information content (AvgIpc) is 2.78. The number of nitrogens with one attached hydrogen (secondary N) is 1. The lowest BCUT2D eigenvalue weighted by Gasteiger charge is -2.09. The summed E-state index contributed by atoms with van der Waals surface area (Å²) in [5.74, 6) is 0. The van der Waals surface area contributed by atoms with Crippen molar-refractivity contribution < 1.29 is 8.42 Å². The summed E-state index contributed by atoms with van der Waals surface area (Å²) in [6, 6.07) is 2.86. The van der Waals surface area contributed by atoms with Crippen molar-refractivity contribution in [1.82, 2.24) is 9.71 Å². The Kier molecular flexibility index (Phi) is 4.33. The van der Waals surface area contributed by atoms with E-state index in [2.05, 4.69) is 9.71 Å². The van der Waals surface area contributed by atoms with Crippen molar-refractivity contribution >= 4 is 38.6 Å². The number of nitrogen functional groups attached to an aromatic ring is 1. The highest BCUT2D eigenvalue weighted by Gasteiger charge is 2.17. The number of aryl methyl sites for hydroxylation is 2. The number of hydrogen-bond acceptors (Lipinski definition) is 5. The van der Waals surface area contributed by atoms with Crippen LogP contribution in [0.5, 0.6) is 0 Å². The summed E-state index contributed by atoms with van der Waals surface area (Å²) in [6.45, 7) is 3.76. The molecule has 3 N–H and O–H groups in total. The minimum atomic E-state index is -3.62. The summed E-state index contributed by atoms with van der Waals surface area (Å²) in [6.07, 6.45) is 0. The predicted molar refractivity (Wildman–Crippen MR) is 81.5 cm³/mol. The van der Waals surface area contributed by atoms with E-state index >= 15 is 0 Å². The monoisotopic (exact) mass is 331 g/mol. The standard InChI is InChI=1S/C12H14ClN3O2S2/c1-7-3-9(4-10(14)12(7)13)20(17,18)16-5-11-8(2)15-6-19-11/h3-4,6,16H,5,14H2,1-2H3. The van der Waals surface area contributed by atoms with E-state index in [4.69, 9.17) is 17.3 Å². The van der Waals surface area contributed by atoms with Gasteiger partial charge in [-0.25, -0.2) is 18.1 Å². The first-order valence-corrected chi connectivity index (χ1v) is 8.49. The number of thiazole rings is 1. The molecule has 0 unspecified atom stereocenters. The highest BCUT2D eigenvalue weighted by molar-refractivity contribution is 7.89. The Bertz CT molecular complexity index is 718. The Hall–Kier alpha value is -1.15. The summed E-state index contributed by atoms with van der Waals surface area (Å²) in [4.78, 5) is 5.07. The maximum absolute atomic E-state index is 12.2. The lowest BCUT2D eigenvalue weighted by atomic mass is 10.2. The Morgan fingerprint density at radius 3 is 2.65 bits per heavy atom. The molecule has 0 aliphatic carbocycles. The molecule has 0 amide bonds. The summed E-state index contributed by atoms with van der Waals surface area (Å²) in [7, 11) is -3.62. The first-order chi connectivity index (χ1) is 9.31. The molecule has 0 radical (unpaired) electrons. The number of hydrogen-bond donors (Lipinski definition) is 2. The molecule has 108 valence electrons. The van der Waals surface area contributed by atoms with Crippen LogP contribution in [0.4, 0.5) is 5.69 Å². The Balaban J connectivity index is 2.25. The molecule has 0 spiro atoms. The number of nitrogens with two attached hydrogens (primary N) is 1. The van der Waals surface area contributed by atoms with Crippen molar-refractivity contribution in [2.24, 2.45) is 0 Å². The van der Waals surface area contributed by atoms with Crippen LogP contribution in [-0.2, 0) is 16.6 Å². The lowest BCUT2D eigenvalue weighted by molar-refractivity contribution is 0.581. The summed E-state index contributed by atoms with van der Waals surface area (Å²) in [5, 5.41) is 0.377. The quantitative estimate of drug-likeness (QED) is 0.843. The molecule has 0 fully saturated rings. The van der Waals surface area contributed by atoms with Crippen LogP contribution in [-0.4, -0.2) is 13.4 Å². The molecule has 8 heteroatoms. The minimum absolute atomic E-state index is 0.110. The van der Waals surface area contributed by atoms with Gasteiger partial charge in [-0.3, -0.25) is 0 Å². The van der Waals surface area contributed by atoms with Crippen LogP contribution in [0.15, 0.2) is 22.5 Å². The molecule has 0 saturated heterocycles. The van der Waals surface area contributed by atoms with Gasteiger partial charge in [-0.2, -0.15) is 0 Å². The number of nitrogens with zero attached hydrogens (tertiary/aromatic N) is 1. The molecule has 5 nitrogen and oxygen atoms in total. The first-order valence-electron chi connectivity index (χ1n) is 5.75. The minimum Gasteiger partial charge on any atom is -0.397 e. The highest BCUT2D eigenvalue weighted by Crippen LogP contribution is 2.27. The fourth-order valence-electron chi connectivity index (χ4n) is 1.66. The average molecular weight is 332 g/mol. The second-order valence-electron chi connectivity index (χ2n) is 4.33. The molecule has 1 aromatic heterocycles. The topological polar surface area (TPSA) is 85.1 Å². The third-order valence-electron chi connectivity index (χ3n) is 2.83. The van der Waals surface area contributed by atoms with E-state index in [0.29, 0.717) is 10.6 Å². The number of aromatic nitrogens is 1. The zero-order chi connectivity index (χ0) is 14.9. The van der Waals surface area contributed by atoms with Gasteiger partial charge >= 0.3 is 0 Å². The molecule has 20 heavy (non-hydrogen) atoms. The first kappa shape index (κ1) is 15.2. The van der Waals surface area contributed by atoms with Gasteiger partial charge in [0.25, 0.3) is 0 Å². The van der Waals surface area contributed by atoms with Gasteiger partial charge in [0.15, 0.2) is 0 Å². The van der Waals surface area contributed by atoms with Gasteiger partial charge in [0.1, 0.15) is 0 Å². The number of benzene rings is 1. The Morgan fingerprint density at radius 1 is 1.40 bits per heavy atom. The predicted octanol–water partition coefficient (Wildman–Crippen LogP) is 2.47. The van der Waals surface area contributed by atoms with E-state index in [9.17, 15) is 8.42 Å². The maximum Gasteiger partial charge on any atom is 0.240 e. The second-order valence-corrected chi connectivity index (χ2v) is 7.41. The molecule has 0 bridgehead atoms. The fourth-order valence-corrected chi connectivity index (χ4v) is 3.69. The van der Waals surface area contributed by atoms with Crippen molar-refractivity contribution in [3.05, 3.63) is 38.8 Å². The SMILES string of the molecule is Cc1cc(S(=O)(=O)NCc2scnc2C)cc(N)c1Cl. The van der Waals surface area contributed by atoms with Gasteiger partial charge in [0.05, 0.1) is 26.8 Å². The molecular weight excluding hydrogens is 318 g/mol. The van der Waals surface area contributed by atoms with Crippen molar-refractivity contribution in [3.8, 4) is 0 Å². The van der Waals surface area contributed by atoms with Crippen molar-refractivity contribution in [3.63, 3.8) is 0 Å². The molecule has 2 aromatic rings. The second kappa shape index (κ2) is 5.69. The Labute approximate surface area is 126 Å². The molecule has 0 aliphatic heterocycles. The maximum atomic E-state index is 12.2. The number of halogens is 1. The normalized spacial score (nSPS) is 11.8. The van der Waals surface area contributed by atoms with E-state index in [1.54, 1.807) is 12.4 Å². The van der Waals surface area contributed by atoms with Crippen LogP contribution < -0.4 is 10.5 Å². The zero-order valence-corrected chi connectivity index (χ0v) is 13.4. The third kappa shape index (κ3) is 3.12. The summed E-state index contributed by atoms with van der Waals surface area (Å²) in [5.41, 5.74) is 9.09. The van der Waals surface area contributed by atoms with E-state index in [1.807, 2.05) is 6.92 Å². The third-order valence-corrected chi connectivity index (χ3v) is 5.67. The van der Waals surface area contributed by atoms with Gasteiger partial charge in [0.2, 0.25) is 10.0 Å². The van der Waals surface area contributed by atoms with E-state index in [1.165, 1.54) is 23.5 Å². The largest absolute Gasteiger partial charge is 0.397 e. The number of anilines is 1. The van der Waals surface area contributed by atoms with Gasteiger partial charge in [-0.1, -0.05) is 11.6 Å². The number of sulfonamides is 1. The molecule has 0 atom stereocenters.